The first-order chi connectivity index (χ1) is 12.2. The van der Waals surface area contributed by atoms with E-state index < -0.39 is 0 Å². The van der Waals surface area contributed by atoms with Gasteiger partial charge in [0.25, 0.3) is 0 Å². The van der Waals surface area contributed by atoms with Crippen LogP contribution < -0.4 is 9.64 Å². The zero-order valence-corrected chi connectivity index (χ0v) is 13.8. The molecule has 126 valence electrons. The van der Waals surface area contributed by atoms with Crippen molar-refractivity contribution >= 4 is 17.6 Å². The van der Waals surface area contributed by atoms with Crippen LogP contribution in [0.1, 0.15) is 30.4 Å². The Labute approximate surface area is 146 Å². The van der Waals surface area contributed by atoms with Crippen molar-refractivity contribution < 1.29 is 14.3 Å². The Morgan fingerprint density at radius 3 is 2.44 bits per heavy atom. The van der Waals surface area contributed by atoms with E-state index >= 15 is 0 Å². The van der Waals surface area contributed by atoms with E-state index in [2.05, 4.69) is 6.07 Å². The highest BCUT2D eigenvalue weighted by atomic mass is 16.5. The number of carbonyl (C=O) groups is 2. The zero-order chi connectivity index (χ0) is 17.6. The van der Waals surface area contributed by atoms with Crippen LogP contribution in [0.5, 0.6) is 5.75 Å². The molecule has 0 aliphatic carbocycles. The molecular formula is C20H18N2O3. The number of benzene rings is 2. The SMILES string of the molecule is N#Cc1ccc(CCC(=O)Oc2ccc(N3CCCC3=O)cc2)cc1. The average Bonchev–Trinajstić information content (AvgIpc) is 3.07. The predicted molar refractivity (Wildman–Crippen MR) is 93.1 cm³/mol. The monoisotopic (exact) mass is 334 g/mol. The van der Waals surface area contributed by atoms with E-state index in [1.165, 1.54) is 0 Å². The molecule has 5 nitrogen and oxygen atoms in total. The molecule has 0 spiro atoms. The molecule has 0 aromatic heterocycles. The lowest BCUT2D eigenvalue weighted by atomic mass is 10.1. The molecule has 3 rings (SSSR count). The van der Waals surface area contributed by atoms with Gasteiger partial charge >= 0.3 is 5.97 Å². The maximum absolute atomic E-state index is 12.0. The third kappa shape index (κ3) is 4.24. The highest BCUT2D eigenvalue weighted by Gasteiger charge is 2.21. The van der Waals surface area contributed by atoms with Gasteiger partial charge < -0.3 is 9.64 Å². The topological polar surface area (TPSA) is 70.4 Å². The summed E-state index contributed by atoms with van der Waals surface area (Å²) < 4.78 is 5.33. The van der Waals surface area contributed by atoms with Crippen LogP contribution in [0, 0.1) is 11.3 Å². The molecule has 0 unspecified atom stereocenters. The third-order valence-corrected chi connectivity index (χ3v) is 4.15. The Hall–Kier alpha value is -3.13. The van der Waals surface area contributed by atoms with Crippen molar-refractivity contribution in [1.29, 1.82) is 5.26 Å². The Kier molecular flexibility index (Phi) is 5.10. The van der Waals surface area contributed by atoms with E-state index in [0.717, 1.165) is 24.2 Å². The number of anilines is 1. The van der Waals surface area contributed by atoms with Gasteiger partial charge in [-0.2, -0.15) is 5.26 Å². The molecule has 1 fully saturated rings. The van der Waals surface area contributed by atoms with Crippen LogP contribution in [0.15, 0.2) is 48.5 Å². The second-order valence-corrected chi connectivity index (χ2v) is 5.93. The molecule has 1 saturated heterocycles. The smallest absolute Gasteiger partial charge is 0.311 e. The molecular weight excluding hydrogens is 316 g/mol. The summed E-state index contributed by atoms with van der Waals surface area (Å²) in [6.07, 6.45) is 2.29. The van der Waals surface area contributed by atoms with Crippen molar-refractivity contribution in [2.75, 3.05) is 11.4 Å². The van der Waals surface area contributed by atoms with E-state index in [9.17, 15) is 9.59 Å². The standard InChI is InChI=1S/C20H18N2O3/c21-14-16-5-3-15(4-6-16)7-12-20(24)25-18-10-8-17(9-11-18)22-13-1-2-19(22)23/h3-6,8-11H,1-2,7,12-13H2. The van der Waals surface area contributed by atoms with Crippen molar-refractivity contribution in [3.05, 3.63) is 59.7 Å². The van der Waals surface area contributed by atoms with Crippen LogP contribution in [0.3, 0.4) is 0 Å². The summed E-state index contributed by atoms with van der Waals surface area (Å²) in [7, 11) is 0. The number of esters is 1. The molecule has 0 atom stereocenters. The Morgan fingerprint density at radius 2 is 1.84 bits per heavy atom. The van der Waals surface area contributed by atoms with Gasteiger partial charge in [-0.05, 0) is 54.8 Å². The Balaban J connectivity index is 1.52. The molecule has 2 aromatic carbocycles. The first kappa shape index (κ1) is 16.7. The highest BCUT2D eigenvalue weighted by molar-refractivity contribution is 5.95. The lowest BCUT2D eigenvalue weighted by Crippen LogP contribution is -2.23. The van der Waals surface area contributed by atoms with Crippen LogP contribution in [-0.4, -0.2) is 18.4 Å². The van der Waals surface area contributed by atoms with Crippen LogP contribution in [-0.2, 0) is 16.0 Å². The zero-order valence-electron chi connectivity index (χ0n) is 13.8. The first-order valence-electron chi connectivity index (χ1n) is 8.26. The molecule has 0 saturated carbocycles. The average molecular weight is 334 g/mol. The van der Waals surface area contributed by atoms with Crippen molar-refractivity contribution in [2.45, 2.75) is 25.7 Å². The quantitative estimate of drug-likeness (QED) is 0.622. The van der Waals surface area contributed by atoms with Crippen molar-refractivity contribution in [3.8, 4) is 11.8 Å². The van der Waals surface area contributed by atoms with E-state index in [-0.39, 0.29) is 18.3 Å². The summed E-state index contributed by atoms with van der Waals surface area (Å²) in [5.41, 5.74) is 2.42. The second-order valence-electron chi connectivity index (χ2n) is 5.93. The van der Waals surface area contributed by atoms with Gasteiger partial charge in [0, 0.05) is 25.1 Å². The van der Waals surface area contributed by atoms with Gasteiger partial charge in [0.1, 0.15) is 5.75 Å². The third-order valence-electron chi connectivity index (χ3n) is 4.15. The molecule has 1 aliphatic rings. The van der Waals surface area contributed by atoms with Crippen LogP contribution in [0.25, 0.3) is 0 Å². The minimum absolute atomic E-state index is 0.132. The number of nitriles is 1. The van der Waals surface area contributed by atoms with Gasteiger partial charge in [-0.1, -0.05) is 12.1 Å². The van der Waals surface area contributed by atoms with E-state index in [1.807, 2.05) is 12.1 Å². The molecule has 0 bridgehead atoms. The molecule has 0 radical (unpaired) electrons. The van der Waals surface area contributed by atoms with Gasteiger partial charge in [0.05, 0.1) is 11.6 Å². The number of nitrogens with zero attached hydrogens (tertiary/aromatic N) is 2. The summed E-state index contributed by atoms with van der Waals surface area (Å²) in [6.45, 7) is 0.739. The lowest BCUT2D eigenvalue weighted by Gasteiger charge is -2.15. The molecule has 5 heteroatoms. The predicted octanol–water partition coefficient (Wildman–Crippen LogP) is 3.22. The molecule has 1 heterocycles. The molecule has 25 heavy (non-hydrogen) atoms. The van der Waals surface area contributed by atoms with Gasteiger partial charge in [-0.3, -0.25) is 9.59 Å². The number of hydrogen-bond donors (Lipinski definition) is 0. The molecule has 0 N–H and O–H groups in total. The van der Waals surface area contributed by atoms with Crippen molar-refractivity contribution in [3.63, 3.8) is 0 Å². The number of carbonyl (C=O) groups excluding carboxylic acids is 2. The normalized spacial score (nSPS) is 13.6. The van der Waals surface area contributed by atoms with Gasteiger partial charge in [0.2, 0.25) is 5.91 Å². The number of aryl methyl sites for hydroxylation is 1. The summed E-state index contributed by atoms with van der Waals surface area (Å²) >= 11 is 0. The second kappa shape index (κ2) is 7.63. The van der Waals surface area contributed by atoms with E-state index in [4.69, 9.17) is 10.00 Å². The molecule has 1 aliphatic heterocycles. The number of hydrogen-bond acceptors (Lipinski definition) is 4. The van der Waals surface area contributed by atoms with Crippen LogP contribution >= 0.6 is 0 Å². The number of rotatable bonds is 5. The summed E-state index contributed by atoms with van der Waals surface area (Å²) in [5.74, 6) is 0.293. The highest BCUT2D eigenvalue weighted by Crippen LogP contribution is 2.24. The van der Waals surface area contributed by atoms with Gasteiger partial charge in [-0.25, -0.2) is 0 Å². The fraction of sp³-hybridized carbons (Fsp3) is 0.250. The van der Waals surface area contributed by atoms with E-state index in [0.29, 0.717) is 24.2 Å². The van der Waals surface area contributed by atoms with Crippen molar-refractivity contribution in [2.24, 2.45) is 0 Å². The number of amides is 1. The van der Waals surface area contributed by atoms with Crippen molar-refractivity contribution in [1.82, 2.24) is 0 Å². The maximum atomic E-state index is 12.0. The summed E-state index contributed by atoms with van der Waals surface area (Å²) in [6, 6.07) is 16.2. The maximum Gasteiger partial charge on any atom is 0.311 e. The number of ether oxygens (including phenoxy) is 1. The fourth-order valence-electron chi connectivity index (χ4n) is 2.79. The lowest BCUT2D eigenvalue weighted by molar-refractivity contribution is -0.134. The Morgan fingerprint density at radius 1 is 1.12 bits per heavy atom. The minimum Gasteiger partial charge on any atom is -0.427 e. The fourth-order valence-corrected chi connectivity index (χ4v) is 2.79. The Bertz CT molecular complexity index is 804. The van der Waals surface area contributed by atoms with Crippen LogP contribution in [0.4, 0.5) is 5.69 Å². The summed E-state index contributed by atoms with van der Waals surface area (Å²) in [5, 5.41) is 8.77. The first-order valence-corrected chi connectivity index (χ1v) is 8.26. The molecule has 1 amide bonds. The van der Waals surface area contributed by atoms with Crippen LogP contribution in [0.2, 0.25) is 0 Å². The summed E-state index contributed by atoms with van der Waals surface area (Å²) in [4.78, 5) is 25.4. The van der Waals surface area contributed by atoms with Gasteiger partial charge in [0.15, 0.2) is 0 Å². The van der Waals surface area contributed by atoms with E-state index in [1.54, 1.807) is 41.3 Å². The molecule has 2 aromatic rings. The van der Waals surface area contributed by atoms with Gasteiger partial charge in [-0.15, -0.1) is 0 Å². The minimum atomic E-state index is -0.311. The largest absolute Gasteiger partial charge is 0.427 e.